The fraction of sp³-hybridized carbons (Fsp3) is 0.0455. The molecule has 2 N–H and O–H groups in total. The molecule has 0 saturated carbocycles. The van der Waals surface area contributed by atoms with Crippen molar-refractivity contribution in [2.45, 2.75) is 11.8 Å². The van der Waals surface area contributed by atoms with Crippen LogP contribution in [0.3, 0.4) is 0 Å². The van der Waals surface area contributed by atoms with Crippen molar-refractivity contribution >= 4 is 33.4 Å². The number of rotatable bonds is 8. The number of carboxylic acids is 1. The fourth-order valence-corrected chi connectivity index (χ4v) is 3.92. The van der Waals surface area contributed by atoms with Gasteiger partial charge in [0.05, 0.1) is 26.6 Å². The number of carboxylic acid groups (broad SMARTS) is 1. The Kier molecular flexibility index (Phi) is 6.26. The molecule has 0 atom stereocenters. The van der Waals surface area contributed by atoms with E-state index in [1.165, 1.54) is 48.5 Å². The summed E-state index contributed by atoms with van der Waals surface area (Å²) >= 11 is 0. The van der Waals surface area contributed by atoms with E-state index in [0.717, 1.165) is 11.6 Å². The van der Waals surface area contributed by atoms with Gasteiger partial charge >= 0.3 is 5.97 Å². The van der Waals surface area contributed by atoms with E-state index in [0.29, 0.717) is 0 Å². The molecule has 10 heteroatoms. The van der Waals surface area contributed by atoms with E-state index >= 15 is 0 Å². The number of sulfonamides is 1. The van der Waals surface area contributed by atoms with Crippen LogP contribution in [0, 0.1) is 17.0 Å². The van der Waals surface area contributed by atoms with Gasteiger partial charge in [-0.2, -0.15) is 0 Å². The third-order valence-corrected chi connectivity index (χ3v) is 5.83. The van der Waals surface area contributed by atoms with Crippen LogP contribution in [0.1, 0.15) is 21.5 Å². The average molecular weight is 454 g/mol. The Bertz CT molecular complexity index is 1320. The third kappa shape index (κ3) is 4.93. The molecule has 9 nitrogen and oxygen atoms in total. The first-order valence-electron chi connectivity index (χ1n) is 9.16. The minimum atomic E-state index is -4.01. The second kappa shape index (κ2) is 8.90. The minimum Gasteiger partial charge on any atom is -0.478 e. The standard InChI is InChI=1S/C22H18N2O7S/c1-3-15-12-16(7-11-21(15)24(27)28)31-17-6-10-20(19(13-17)22(25)26)23-32(29,30)18-8-4-14(2)5-9-18/h3-13,23H,1H2,2H3,(H,25,26). The number of hydrogen-bond donors (Lipinski definition) is 2. The van der Waals surface area contributed by atoms with Gasteiger partial charge in [-0.3, -0.25) is 14.8 Å². The first-order chi connectivity index (χ1) is 15.1. The van der Waals surface area contributed by atoms with Crippen molar-refractivity contribution in [1.82, 2.24) is 0 Å². The molecule has 0 radical (unpaired) electrons. The second-order valence-corrected chi connectivity index (χ2v) is 8.40. The molecule has 0 aliphatic heterocycles. The second-order valence-electron chi connectivity index (χ2n) is 6.72. The Balaban J connectivity index is 1.91. The first kappa shape index (κ1) is 22.5. The summed E-state index contributed by atoms with van der Waals surface area (Å²) in [6.45, 7) is 5.35. The molecule has 0 bridgehead atoms. The maximum atomic E-state index is 12.6. The van der Waals surface area contributed by atoms with Crippen LogP contribution in [-0.4, -0.2) is 24.4 Å². The Morgan fingerprint density at radius 2 is 1.72 bits per heavy atom. The molecule has 164 valence electrons. The van der Waals surface area contributed by atoms with Gasteiger partial charge in [-0.15, -0.1) is 0 Å². The fourth-order valence-electron chi connectivity index (χ4n) is 2.84. The lowest BCUT2D eigenvalue weighted by molar-refractivity contribution is -0.385. The van der Waals surface area contributed by atoms with Gasteiger partial charge in [-0.05, 0) is 49.4 Å². The Morgan fingerprint density at radius 3 is 2.31 bits per heavy atom. The highest BCUT2D eigenvalue weighted by Gasteiger charge is 2.20. The zero-order valence-corrected chi connectivity index (χ0v) is 17.6. The lowest BCUT2D eigenvalue weighted by atomic mass is 10.1. The lowest BCUT2D eigenvalue weighted by Gasteiger charge is -2.13. The van der Waals surface area contributed by atoms with Gasteiger partial charge in [-0.1, -0.05) is 30.4 Å². The van der Waals surface area contributed by atoms with Crippen LogP contribution in [0.15, 0.2) is 72.1 Å². The number of hydrogen-bond acceptors (Lipinski definition) is 6. The zero-order chi connectivity index (χ0) is 23.5. The van der Waals surface area contributed by atoms with Gasteiger partial charge in [0.25, 0.3) is 15.7 Å². The predicted molar refractivity (Wildman–Crippen MR) is 119 cm³/mol. The summed E-state index contributed by atoms with van der Waals surface area (Å²) in [4.78, 5) is 22.2. The van der Waals surface area contributed by atoms with E-state index in [4.69, 9.17) is 4.74 Å². The van der Waals surface area contributed by atoms with Crippen LogP contribution in [0.25, 0.3) is 6.08 Å². The van der Waals surface area contributed by atoms with Crippen LogP contribution in [0.2, 0.25) is 0 Å². The normalized spacial score (nSPS) is 10.9. The SMILES string of the molecule is C=Cc1cc(Oc2ccc(NS(=O)(=O)c3ccc(C)cc3)c(C(=O)O)c2)ccc1[N+](=O)[O-]. The molecule has 0 saturated heterocycles. The van der Waals surface area contributed by atoms with Crippen LogP contribution < -0.4 is 9.46 Å². The number of carbonyl (C=O) groups is 1. The molecule has 3 aromatic rings. The van der Waals surface area contributed by atoms with E-state index in [-0.39, 0.29) is 38.9 Å². The van der Waals surface area contributed by atoms with Crippen LogP contribution in [0.4, 0.5) is 11.4 Å². The van der Waals surface area contributed by atoms with Gasteiger partial charge in [0.1, 0.15) is 11.5 Å². The Hall–Kier alpha value is -4.18. The van der Waals surface area contributed by atoms with E-state index in [9.17, 15) is 28.4 Å². The molecule has 0 aromatic heterocycles. The quantitative estimate of drug-likeness (QED) is 0.367. The number of aromatic carboxylic acids is 1. The van der Waals surface area contributed by atoms with Crippen LogP contribution in [-0.2, 0) is 10.0 Å². The molecule has 0 fully saturated rings. The number of nitro groups is 1. The van der Waals surface area contributed by atoms with E-state index in [1.807, 2.05) is 6.92 Å². The van der Waals surface area contributed by atoms with Crippen molar-refractivity contribution in [2.75, 3.05) is 4.72 Å². The molecular formula is C22H18N2O7S. The van der Waals surface area contributed by atoms with Crippen molar-refractivity contribution in [3.05, 3.63) is 94.0 Å². The van der Waals surface area contributed by atoms with E-state index in [1.54, 1.807) is 12.1 Å². The monoisotopic (exact) mass is 454 g/mol. The number of anilines is 1. The zero-order valence-electron chi connectivity index (χ0n) is 16.8. The topological polar surface area (TPSA) is 136 Å². The predicted octanol–water partition coefficient (Wildman–Crippen LogP) is 4.84. The van der Waals surface area contributed by atoms with Crippen molar-refractivity contribution in [3.63, 3.8) is 0 Å². The average Bonchev–Trinajstić information content (AvgIpc) is 2.74. The van der Waals surface area contributed by atoms with Gasteiger partial charge in [0.2, 0.25) is 0 Å². The largest absolute Gasteiger partial charge is 0.478 e. The van der Waals surface area contributed by atoms with Crippen molar-refractivity contribution in [3.8, 4) is 11.5 Å². The minimum absolute atomic E-state index is 0.0115. The highest BCUT2D eigenvalue weighted by Crippen LogP contribution is 2.31. The highest BCUT2D eigenvalue weighted by atomic mass is 32.2. The summed E-state index contributed by atoms with van der Waals surface area (Å²) in [5.74, 6) is -1.05. The molecule has 0 amide bonds. The molecule has 3 rings (SSSR count). The summed E-state index contributed by atoms with van der Waals surface area (Å²) in [6.07, 6.45) is 1.30. The summed E-state index contributed by atoms with van der Waals surface area (Å²) < 4.78 is 33.1. The summed E-state index contributed by atoms with van der Waals surface area (Å²) in [5, 5.41) is 20.6. The number of benzene rings is 3. The third-order valence-electron chi connectivity index (χ3n) is 4.45. The Morgan fingerprint density at radius 1 is 1.09 bits per heavy atom. The van der Waals surface area contributed by atoms with Crippen LogP contribution in [0.5, 0.6) is 11.5 Å². The molecule has 0 aliphatic carbocycles. The smallest absolute Gasteiger partial charge is 0.337 e. The van der Waals surface area contributed by atoms with Gasteiger partial charge < -0.3 is 9.84 Å². The van der Waals surface area contributed by atoms with Crippen molar-refractivity contribution < 1.29 is 28.0 Å². The molecule has 0 spiro atoms. The molecule has 3 aromatic carbocycles. The molecule has 0 heterocycles. The molecule has 0 aliphatic rings. The maximum Gasteiger partial charge on any atom is 0.337 e. The number of aryl methyl sites for hydroxylation is 1. The Labute approximate surface area is 183 Å². The van der Waals surface area contributed by atoms with Gasteiger partial charge in [0, 0.05) is 6.07 Å². The molecule has 32 heavy (non-hydrogen) atoms. The lowest BCUT2D eigenvalue weighted by Crippen LogP contribution is -2.15. The number of nitrogens with one attached hydrogen (secondary N) is 1. The number of ether oxygens (including phenoxy) is 1. The molecule has 0 unspecified atom stereocenters. The first-order valence-corrected chi connectivity index (χ1v) is 10.6. The van der Waals surface area contributed by atoms with Crippen LogP contribution >= 0.6 is 0 Å². The van der Waals surface area contributed by atoms with E-state index < -0.39 is 20.9 Å². The number of nitrogens with zero attached hydrogens (tertiary/aromatic N) is 1. The van der Waals surface area contributed by atoms with E-state index in [2.05, 4.69) is 11.3 Å². The maximum absolute atomic E-state index is 12.6. The molecular weight excluding hydrogens is 436 g/mol. The van der Waals surface area contributed by atoms with Crippen molar-refractivity contribution in [1.29, 1.82) is 0 Å². The number of nitro benzene ring substituents is 1. The summed E-state index contributed by atoms with van der Waals surface area (Å²) in [5.41, 5.74) is 0.486. The summed E-state index contributed by atoms with van der Waals surface area (Å²) in [7, 11) is -4.01. The summed E-state index contributed by atoms with van der Waals surface area (Å²) in [6, 6.07) is 13.9. The van der Waals surface area contributed by atoms with Gasteiger partial charge in [0.15, 0.2) is 0 Å². The highest BCUT2D eigenvalue weighted by molar-refractivity contribution is 7.92. The van der Waals surface area contributed by atoms with Gasteiger partial charge in [-0.25, -0.2) is 13.2 Å². The van der Waals surface area contributed by atoms with Crippen molar-refractivity contribution in [2.24, 2.45) is 0 Å².